The second kappa shape index (κ2) is 11.9. The molecule has 0 aromatic heterocycles. The van der Waals surface area contributed by atoms with Gasteiger partial charge in [-0.3, -0.25) is 24.6 Å². The minimum Gasteiger partial charge on any atom is -0.369 e. The highest BCUT2D eigenvalue weighted by molar-refractivity contribution is 6.05. The molecular formula is C30H42N4O5. The van der Waals surface area contributed by atoms with Gasteiger partial charge in [0.2, 0.25) is 11.8 Å². The largest absolute Gasteiger partial charge is 0.369 e. The molecule has 1 aliphatic carbocycles. The molecule has 1 saturated carbocycles. The third kappa shape index (κ3) is 6.15. The molecule has 1 aromatic rings. The molecule has 4 fully saturated rings. The van der Waals surface area contributed by atoms with E-state index in [0.717, 1.165) is 69.4 Å². The van der Waals surface area contributed by atoms with Crippen LogP contribution in [0.3, 0.4) is 0 Å². The quantitative estimate of drug-likeness (QED) is 0.534. The normalized spacial score (nSPS) is 30.4. The van der Waals surface area contributed by atoms with Crippen LogP contribution >= 0.6 is 0 Å². The maximum absolute atomic E-state index is 13.2. The van der Waals surface area contributed by atoms with Crippen molar-refractivity contribution in [1.82, 2.24) is 15.1 Å². The molecule has 0 spiro atoms. The van der Waals surface area contributed by atoms with E-state index in [0.29, 0.717) is 24.4 Å². The lowest BCUT2D eigenvalue weighted by Crippen LogP contribution is -2.52. The van der Waals surface area contributed by atoms with E-state index >= 15 is 0 Å². The van der Waals surface area contributed by atoms with Gasteiger partial charge >= 0.3 is 0 Å². The number of fused-ring (bicyclic) bond motifs is 1. The van der Waals surface area contributed by atoms with Crippen molar-refractivity contribution in [1.29, 1.82) is 0 Å². The molecule has 6 rings (SSSR count). The van der Waals surface area contributed by atoms with Crippen LogP contribution in [0.5, 0.6) is 0 Å². The summed E-state index contributed by atoms with van der Waals surface area (Å²) in [6, 6.07) is 5.57. The molecule has 5 aliphatic rings. The average Bonchev–Trinajstić information content (AvgIpc) is 3.29. The highest BCUT2D eigenvalue weighted by atomic mass is 16.7. The first kappa shape index (κ1) is 26.7. The second-order valence-corrected chi connectivity index (χ2v) is 12.0. The van der Waals surface area contributed by atoms with Crippen LogP contribution < -0.4 is 10.2 Å². The Kier molecular flexibility index (Phi) is 8.18. The highest BCUT2D eigenvalue weighted by Crippen LogP contribution is 2.33. The van der Waals surface area contributed by atoms with Gasteiger partial charge in [-0.1, -0.05) is 6.07 Å². The number of rotatable bonds is 7. The summed E-state index contributed by atoms with van der Waals surface area (Å²) in [5, 5.41) is 2.38. The van der Waals surface area contributed by atoms with Crippen LogP contribution in [0.15, 0.2) is 18.2 Å². The Labute approximate surface area is 231 Å². The summed E-state index contributed by atoms with van der Waals surface area (Å²) < 4.78 is 11.8. The molecule has 1 aromatic carbocycles. The van der Waals surface area contributed by atoms with Crippen molar-refractivity contribution in [2.75, 3.05) is 50.8 Å². The van der Waals surface area contributed by atoms with Crippen molar-refractivity contribution in [3.05, 3.63) is 29.3 Å². The van der Waals surface area contributed by atoms with Crippen molar-refractivity contribution in [3.63, 3.8) is 0 Å². The van der Waals surface area contributed by atoms with Crippen LogP contribution in [0.4, 0.5) is 5.69 Å². The number of carbonyl (C=O) groups excluding carboxylic acids is 3. The minimum absolute atomic E-state index is 0.0286. The Bertz CT molecular complexity index is 1060. The van der Waals surface area contributed by atoms with E-state index in [1.54, 1.807) is 4.90 Å². The Balaban J connectivity index is 0.949. The number of piperazine rings is 1. The van der Waals surface area contributed by atoms with E-state index in [-0.39, 0.29) is 30.4 Å². The zero-order valence-electron chi connectivity index (χ0n) is 22.9. The number of hydrogen-bond donors (Lipinski definition) is 1. The highest BCUT2D eigenvalue weighted by Gasteiger charge is 2.39. The van der Waals surface area contributed by atoms with Crippen LogP contribution in [0.2, 0.25) is 0 Å². The maximum Gasteiger partial charge on any atom is 0.255 e. The molecule has 1 N–H and O–H groups in total. The van der Waals surface area contributed by atoms with Crippen molar-refractivity contribution in [2.24, 2.45) is 11.8 Å². The van der Waals surface area contributed by atoms with E-state index in [1.165, 1.54) is 38.6 Å². The maximum atomic E-state index is 13.2. The van der Waals surface area contributed by atoms with Gasteiger partial charge in [-0.25, -0.2) is 0 Å². The average molecular weight is 539 g/mol. The van der Waals surface area contributed by atoms with Gasteiger partial charge in [0.05, 0.1) is 6.61 Å². The van der Waals surface area contributed by atoms with E-state index < -0.39 is 6.04 Å². The first-order chi connectivity index (χ1) is 19.0. The summed E-state index contributed by atoms with van der Waals surface area (Å²) in [7, 11) is 0. The molecule has 0 radical (unpaired) electrons. The fourth-order valence-electron chi connectivity index (χ4n) is 6.96. The molecular weight excluding hydrogens is 496 g/mol. The molecule has 0 unspecified atom stereocenters. The van der Waals surface area contributed by atoms with Crippen LogP contribution in [0.1, 0.15) is 73.7 Å². The second-order valence-electron chi connectivity index (χ2n) is 12.0. The fourth-order valence-corrected chi connectivity index (χ4v) is 6.96. The molecule has 9 heteroatoms. The molecule has 3 amide bonds. The number of nitrogens with one attached hydrogen (secondary N) is 1. The molecule has 4 aliphatic heterocycles. The first-order valence-electron chi connectivity index (χ1n) is 15.0. The third-order valence-electron chi connectivity index (χ3n) is 9.39. The topological polar surface area (TPSA) is 91.4 Å². The zero-order valence-corrected chi connectivity index (χ0v) is 22.9. The standard InChI is InChI=1S/C30H42N4O5/c35-27-11-10-26(29(36)31-27)34-19-23-8-9-24(17-25(23)30(34)37)33-14-12-32(13-15-33)18-21-4-6-22(7-5-21)20-39-28-3-1-2-16-38-28/h8-9,17,21-22,26,28H,1-7,10-16,18-20H2,(H,31,35,36)/t21?,22?,26-,28-/m1/s1. The summed E-state index contributed by atoms with van der Waals surface area (Å²) in [5.41, 5.74) is 2.73. The number of amides is 3. The summed E-state index contributed by atoms with van der Waals surface area (Å²) >= 11 is 0. The van der Waals surface area contributed by atoms with Gasteiger partial charge in [0.15, 0.2) is 6.29 Å². The van der Waals surface area contributed by atoms with Gasteiger partial charge in [0.1, 0.15) is 6.04 Å². The zero-order chi connectivity index (χ0) is 26.8. The van der Waals surface area contributed by atoms with Gasteiger partial charge in [-0.15, -0.1) is 0 Å². The first-order valence-corrected chi connectivity index (χ1v) is 15.0. The summed E-state index contributed by atoms with van der Waals surface area (Å²) in [5.74, 6) is 0.725. The molecule has 9 nitrogen and oxygen atoms in total. The number of hydrogen-bond acceptors (Lipinski definition) is 7. The molecule has 3 saturated heterocycles. The number of ether oxygens (including phenoxy) is 2. The van der Waals surface area contributed by atoms with Crippen molar-refractivity contribution >= 4 is 23.4 Å². The molecule has 2 atom stereocenters. The van der Waals surface area contributed by atoms with Crippen molar-refractivity contribution < 1.29 is 23.9 Å². The number of anilines is 1. The predicted octanol–water partition coefficient (Wildman–Crippen LogP) is 2.92. The van der Waals surface area contributed by atoms with Crippen molar-refractivity contribution in [3.8, 4) is 0 Å². The van der Waals surface area contributed by atoms with Crippen LogP contribution in [0, 0.1) is 11.8 Å². The molecule has 4 heterocycles. The lowest BCUT2D eigenvalue weighted by molar-refractivity contribution is -0.170. The monoisotopic (exact) mass is 538 g/mol. The number of nitrogens with zero attached hydrogens (tertiary/aromatic N) is 3. The fraction of sp³-hybridized carbons (Fsp3) is 0.700. The lowest BCUT2D eigenvalue weighted by Gasteiger charge is -2.39. The summed E-state index contributed by atoms with van der Waals surface area (Å²) in [6.45, 7) is 7.28. The molecule has 212 valence electrons. The number of piperidine rings is 1. The summed E-state index contributed by atoms with van der Waals surface area (Å²) in [6.07, 6.45) is 9.22. The Morgan fingerprint density at radius 2 is 1.72 bits per heavy atom. The van der Waals surface area contributed by atoms with Gasteiger partial charge in [0.25, 0.3) is 5.91 Å². The van der Waals surface area contributed by atoms with Gasteiger partial charge in [-0.2, -0.15) is 0 Å². The van der Waals surface area contributed by atoms with Gasteiger partial charge in [0, 0.05) is 63.5 Å². The third-order valence-corrected chi connectivity index (χ3v) is 9.39. The van der Waals surface area contributed by atoms with Crippen LogP contribution in [-0.2, 0) is 25.6 Å². The van der Waals surface area contributed by atoms with E-state index in [9.17, 15) is 14.4 Å². The van der Waals surface area contributed by atoms with E-state index in [2.05, 4.69) is 21.2 Å². The lowest BCUT2D eigenvalue weighted by atomic mass is 9.82. The van der Waals surface area contributed by atoms with Crippen molar-refractivity contribution in [2.45, 2.75) is 76.7 Å². The van der Waals surface area contributed by atoms with Gasteiger partial charge in [-0.05, 0) is 80.9 Å². The smallest absolute Gasteiger partial charge is 0.255 e. The van der Waals surface area contributed by atoms with E-state index in [4.69, 9.17) is 9.47 Å². The number of carbonyl (C=O) groups is 3. The summed E-state index contributed by atoms with van der Waals surface area (Å²) in [4.78, 5) is 43.7. The Morgan fingerprint density at radius 3 is 2.46 bits per heavy atom. The molecule has 0 bridgehead atoms. The Morgan fingerprint density at radius 1 is 0.923 bits per heavy atom. The Hall–Kier alpha value is -2.49. The number of imide groups is 1. The molecule has 39 heavy (non-hydrogen) atoms. The van der Waals surface area contributed by atoms with Crippen LogP contribution in [-0.4, -0.2) is 85.8 Å². The van der Waals surface area contributed by atoms with Gasteiger partial charge < -0.3 is 19.3 Å². The van der Waals surface area contributed by atoms with Crippen LogP contribution in [0.25, 0.3) is 0 Å². The predicted molar refractivity (Wildman–Crippen MR) is 146 cm³/mol. The minimum atomic E-state index is -0.567. The number of benzene rings is 1. The van der Waals surface area contributed by atoms with E-state index in [1.807, 2.05) is 12.1 Å². The SMILES string of the molecule is O=C1CC[C@@H](N2Cc3ccc(N4CCN(CC5CCC(CO[C@@H]6CCCCO6)CC5)CC4)cc3C2=O)C(=O)N1.